The second-order valence-electron chi connectivity index (χ2n) is 16.7. The molecule has 0 bridgehead atoms. The molecule has 2 amide bonds. The van der Waals surface area contributed by atoms with Crippen LogP contribution in [0.2, 0.25) is 0 Å². The number of piperidine rings is 2. The van der Waals surface area contributed by atoms with Gasteiger partial charge in [-0.1, -0.05) is 36.4 Å². The second-order valence-corrected chi connectivity index (χ2v) is 17.5. The van der Waals surface area contributed by atoms with Crippen molar-refractivity contribution in [2.24, 2.45) is 5.73 Å². The quantitative estimate of drug-likeness (QED) is 0.0877. The maximum atomic E-state index is 13.3. The maximum Gasteiger partial charge on any atom is 0.407 e. The first-order valence-electron chi connectivity index (χ1n) is 21.0. The molecule has 19 heteroatoms. The number of nitriles is 1. The number of benzene rings is 2. The Kier molecular flexibility index (Phi) is 15.5. The summed E-state index contributed by atoms with van der Waals surface area (Å²) in [5.74, 6) is 1.66. The Balaban J connectivity index is 0.000000260. The number of hydrogen-bond donors (Lipinski definition) is 6. The third-order valence-corrected chi connectivity index (χ3v) is 10.8. The molecule has 2 fully saturated rings. The molecule has 7 rings (SSSR count). The lowest BCUT2D eigenvalue weighted by atomic mass is 10.1. The van der Waals surface area contributed by atoms with E-state index in [1.165, 1.54) is 24.4 Å². The molecule has 0 unspecified atom stereocenters. The van der Waals surface area contributed by atoms with Gasteiger partial charge in [0.05, 0.1) is 35.3 Å². The number of amides is 2. The van der Waals surface area contributed by atoms with Gasteiger partial charge in [0.2, 0.25) is 0 Å². The van der Waals surface area contributed by atoms with Gasteiger partial charge in [0.15, 0.2) is 23.3 Å². The van der Waals surface area contributed by atoms with E-state index in [0.717, 1.165) is 55.5 Å². The van der Waals surface area contributed by atoms with Crippen molar-refractivity contribution in [1.29, 1.82) is 5.26 Å². The van der Waals surface area contributed by atoms with Crippen LogP contribution in [0.4, 0.5) is 38.3 Å². The van der Waals surface area contributed by atoms with Gasteiger partial charge in [-0.15, -0.1) is 0 Å². The predicted octanol–water partition coefficient (Wildman–Crippen LogP) is 6.48. The highest BCUT2D eigenvalue weighted by Gasteiger charge is 2.27. The monoisotopic (exact) mass is 936 g/mol. The molecular formula is C45H54BrFN14O3. The molecule has 64 heavy (non-hydrogen) atoms. The van der Waals surface area contributed by atoms with Crippen LogP contribution in [-0.2, 0) is 11.3 Å². The van der Waals surface area contributed by atoms with Crippen molar-refractivity contribution >= 4 is 57.0 Å². The van der Waals surface area contributed by atoms with Gasteiger partial charge in [0, 0.05) is 56.6 Å². The van der Waals surface area contributed by atoms with E-state index >= 15 is 0 Å². The van der Waals surface area contributed by atoms with Gasteiger partial charge in [-0.25, -0.2) is 34.1 Å². The van der Waals surface area contributed by atoms with Crippen molar-refractivity contribution < 1.29 is 18.7 Å². The number of hydrogen-bond acceptors (Lipinski definition) is 15. The molecule has 2 aliphatic heterocycles. The summed E-state index contributed by atoms with van der Waals surface area (Å²) in [6.45, 7) is 10.7. The predicted molar refractivity (Wildman–Crippen MR) is 249 cm³/mol. The highest BCUT2D eigenvalue weighted by atomic mass is 79.9. The molecule has 0 radical (unpaired) electrons. The molecule has 2 aromatic carbocycles. The van der Waals surface area contributed by atoms with Crippen LogP contribution in [0.25, 0.3) is 11.3 Å². The Bertz CT molecular complexity index is 2450. The minimum absolute atomic E-state index is 0.00350. The zero-order valence-electron chi connectivity index (χ0n) is 36.3. The Labute approximate surface area is 380 Å². The molecule has 5 aromatic rings. The molecule has 0 saturated carbocycles. The number of nitrogens with two attached hydrogens (primary N) is 3. The van der Waals surface area contributed by atoms with Crippen molar-refractivity contribution in [3.8, 4) is 17.3 Å². The number of aromatic nitrogens is 5. The number of nitrogens with one attached hydrogen (secondary N) is 3. The van der Waals surface area contributed by atoms with Crippen molar-refractivity contribution in [3.63, 3.8) is 0 Å². The number of nitrogens with zero attached hydrogens (tertiary/aromatic N) is 8. The van der Waals surface area contributed by atoms with Gasteiger partial charge in [-0.3, -0.25) is 4.79 Å². The number of pyridine rings is 1. The van der Waals surface area contributed by atoms with E-state index in [9.17, 15) is 19.2 Å². The fourth-order valence-electron chi connectivity index (χ4n) is 7.25. The summed E-state index contributed by atoms with van der Waals surface area (Å²) in [5.41, 5.74) is 21.5. The third kappa shape index (κ3) is 13.0. The number of rotatable bonds is 10. The molecule has 5 heterocycles. The summed E-state index contributed by atoms with van der Waals surface area (Å²) in [7, 11) is 0. The lowest BCUT2D eigenvalue weighted by molar-refractivity contribution is 0.0499. The van der Waals surface area contributed by atoms with Crippen LogP contribution < -0.4 is 43.0 Å². The lowest BCUT2D eigenvalue weighted by Gasteiger charge is -2.34. The SMILES string of the molecule is CC(C)(C)OC(=O)N[C@@H]1CCCN(c2nc(Br)cnc2N)C1.C[C@H](NC(=O)c1cc(C#N)cnc1NCc1ccc(-c2cnc(N)c(N3CCC[C@@H](N)C3)n2)cc1)c1ccc(F)cc1. The Morgan fingerprint density at radius 1 is 0.938 bits per heavy atom. The number of halogens is 2. The van der Waals surface area contributed by atoms with Crippen LogP contribution in [-0.4, -0.2) is 80.8 Å². The average Bonchev–Trinajstić information content (AvgIpc) is 3.26. The molecule has 9 N–H and O–H groups in total. The first kappa shape index (κ1) is 46.8. The highest BCUT2D eigenvalue weighted by molar-refractivity contribution is 9.10. The number of anilines is 5. The van der Waals surface area contributed by atoms with Crippen LogP contribution in [0.3, 0.4) is 0 Å². The van der Waals surface area contributed by atoms with Crippen LogP contribution in [0.15, 0.2) is 77.8 Å². The molecular weight excluding hydrogens is 883 g/mol. The van der Waals surface area contributed by atoms with Gasteiger partial charge in [-0.05, 0) is 98.6 Å². The average molecular weight is 938 g/mol. The molecule has 2 saturated heterocycles. The first-order chi connectivity index (χ1) is 30.5. The zero-order valence-corrected chi connectivity index (χ0v) is 37.9. The van der Waals surface area contributed by atoms with Gasteiger partial charge < -0.3 is 47.7 Å². The molecule has 0 spiro atoms. The minimum atomic E-state index is -0.501. The maximum absolute atomic E-state index is 13.3. The van der Waals surface area contributed by atoms with Crippen LogP contribution in [0.1, 0.15) is 86.5 Å². The normalized spacial score (nSPS) is 16.7. The van der Waals surface area contributed by atoms with Gasteiger partial charge in [0.1, 0.15) is 27.9 Å². The summed E-state index contributed by atoms with van der Waals surface area (Å²) in [6.07, 6.45) is 8.06. The summed E-state index contributed by atoms with van der Waals surface area (Å²) in [5, 5.41) is 18.4. The number of nitrogen functional groups attached to an aromatic ring is 2. The molecule has 336 valence electrons. The van der Waals surface area contributed by atoms with E-state index in [2.05, 4.69) is 56.7 Å². The van der Waals surface area contributed by atoms with Crippen molar-refractivity contribution in [3.05, 3.63) is 106 Å². The molecule has 3 aromatic heterocycles. The molecule has 3 atom stereocenters. The summed E-state index contributed by atoms with van der Waals surface area (Å²) in [6, 6.07) is 17.0. The Morgan fingerprint density at radius 2 is 1.59 bits per heavy atom. The van der Waals surface area contributed by atoms with E-state index in [1.54, 1.807) is 31.5 Å². The van der Waals surface area contributed by atoms with Crippen molar-refractivity contribution in [2.45, 2.75) is 83.6 Å². The molecule has 17 nitrogen and oxygen atoms in total. The largest absolute Gasteiger partial charge is 0.444 e. The topological polar surface area (TPSA) is 252 Å². The van der Waals surface area contributed by atoms with E-state index in [4.69, 9.17) is 26.9 Å². The van der Waals surface area contributed by atoms with Crippen LogP contribution in [0, 0.1) is 17.1 Å². The standard InChI is InChI=1S/C31H32FN9O.C14H22BrN5O2/c1-19(22-8-10-24(32)11-9-22)39-31(42)26-13-21(14-33)16-38-29(26)37-15-20-4-6-23(7-5-20)27-17-36-28(35)30(40-27)41-12-2-3-25(34)18-41;1-14(2,3)22-13(21)18-9-5-4-6-20(8-9)12-11(16)17-7-10(15)19-12/h4-11,13,16-17,19,25H,2-3,12,15,18,34H2,1H3,(H2,35,36)(H,37,38)(H,39,42);7,9H,4-6,8H2,1-3H3,(H2,16,17)(H,18,21)/t19-,25+;9-/m01/s1. The number of carbonyl (C=O) groups is 2. The lowest BCUT2D eigenvalue weighted by Crippen LogP contribution is -2.49. The summed E-state index contributed by atoms with van der Waals surface area (Å²) in [4.78, 5) is 51.2. The first-order valence-corrected chi connectivity index (χ1v) is 21.8. The minimum Gasteiger partial charge on any atom is -0.444 e. The number of ether oxygens (including phenoxy) is 1. The van der Waals surface area contributed by atoms with Crippen LogP contribution >= 0.6 is 15.9 Å². The Morgan fingerprint density at radius 3 is 2.27 bits per heavy atom. The van der Waals surface area contributed by atoms with Gasteiger partial charge >= 0.3 is 6.09 Å². The van der Waals surface area contributed by atoms with Crippen molar-refractivity contribution in [2.75, 3.05) is 52.8 Å². The Hall–Kier alpha value is -6.65. The summed E-state index contributed by atoms with van der Waals surface area (Å²) >= 11 is 3.31. The van der Waals surface area contributed by atoms with Crippen molar-refractivity contribution in [1.82, 2.24) is 35.6 Å². The van der Waals surface area contributed by atoms with E-state index < -0.39 is 17.6 Å². The van der Waals surface area contributed by atoms with E-state index in [0.29, 0.717) is 59.0 Å². The smallest absolute Gasteiger partial charge is 0.407 e. The molecule has 2 aliphatic rings. The van der Waals surface area contributed by atoms with E-state index in [1.807, 2.05) is 56.0 Å². The molecule has 0 aliphatic carbocycles. The zero-order chi connectivity index (χ0) is 46.0. The highest BCUT2D eigenvalue weighted by Crippen LogP contribution is 2.28. The summed E-state index contributed by atoms with van der Waals surface area (Å²) < 4.78 is 19.2. The van der Waals surface area contributed by atoms with Gasteiger partial charge in [0.25, 0.3) is 5.91 Å². The van der Waals surface area contributed by atoms with Gasteiger partial charge in [-0.2, -0.15) is 5.26 Å². The fourth-order valence-corrected chi connectivity index (χ4v) is 7.52. The third-order valence-electron chi connectivity index (χ3n) is 10.4. The van der Waals surface area contributed by atoms with E-state index in [-0.39, 0.29) is 35.1 Å². The second kappa shape index (κ2) is 21.1. The number of carbonyl (C=O) groups excluding carboxylic acids is 2. The fraction of sp³-hybridized carbons (Fsp3) is 0.378. The number of alkyl carbamates (subject to hydrolysis) is 1. The van der Waals surface area contributed by atoms with Crippen LogP contribution in [0.5, 0.6) is 0 Å².